The highest BCUT2D eigenvalue weighted by Gasteiger charge is 2.34. The van der Waals surface area contributed by atoms with Gasteiger partial charge in [0.1, 0.15) is 5.75 Å². The zero-order valence-corrected chi connectivity index (χ0v) is 7.90. The lowest BCUT2D eigenvalue weighted by Crippen LogP contribution is -2.21. The number of nitrogens with two attached hydrogens (primary N) is 1. The lowest BCUT2D eigenvalue weighted by Gasteiger charge is -2.36. The van der Waals surface area contributed by atoms with Gasteiger partial charge in [-0.3, -0.25) is 0 Å². The maximum Gasteiger partial charge on any atom is 0.138 e. The number of nitrogen functional groups attached to an aromatic ring is 1. The van der Waals surface area contributed by atoms with Crippen LogP contribution >= 0.6 is 0 Å². The standard InChI is InChI=1S/C12H13NO/c1-3-7-8(4-2)10-6-12(14)11(13)5-9(7)10/h3-8,14H,1-2,13H2/t7-,8?/m1/s1. The largest absolute Gasteiger partial charge is 0.506 e. The zero-order valence-electron chi connectivity index (χ0n) is 7.90. The molecule has 2 nitrogen and oxygen atoms in total. The van der Waals surface area contributed by atoms with Crippen molar-refractivity contribution in [3.8, 4) is 5.75 Å². The van der Waals surface area contributed by atoms with Crippen molar-refractivity contribution in [1.29, 1.82) is 0 Å². The monoisotopic (exact) mass is 187 g/mol. The van der Waals surface area contributed by atoms with Gasteiger partial charge in [0, 0.05) is 11.8 Å². The van der Waals surface area contributed by atoms with Crippen molar-refractivity contribution in [3.63, 3.8) is 0 Å². The van der Waals surface area contributed by atoms with Gasteiger partial charge in [-0.05, 0) is 23.3 Å². The summed E-state index contributed by atoms with van der Waals surface area (Å²) in [7, 11) is 0. The highest BCUT2D eigenvalue weighted by molar-refractivity contribution is 5.63. The molecule has 72 valence electrons. The number of fused-ring (bicyclic) bond motifs is 1. The molecule has 0 heterocycles. The highest BCUT2D eigenvalue weighted by atomic mass is 16.3. The van der Waals surface area contributed by atoms with Crippen molar-refractivity contribution < 1.29 is 5.11 Å². The second-order valence-corrected chi connectivity index (χ2v) is 3.56. The van der Waals surface area contributed by atoms with Crippen molar-refractivity contribution in [2.24, 2.45) is 0 Å². The first-order valence-electron chi connectivity index (χ1n) is 4.56. The van der Waals surface area contributed by atoms with E-state index in [1.807, 2.05) is 18.2 Å². The van der Waals surface area contributed by atoms with Crippen LogP contribution < -0.4 is 5.73 Å². The van der Waals surface area contributed by atoms with Crippen molar-refractivity contribution in [2.75, 3.05) is 5.73 Å². The second kappa shape index (κ2) is 2.91. The summed E-state index contributed by atoms with van der Waals surface area (Å²) in [5, 5.41) is 9.45. The Labute approximate surface area is 83.4 Å². The SMILES string of the molecule is C=CC1c2cc(O)c(N)cc2[C@@H]1C=C. The Bertz CT molecular complexity index is 370. The molecule has 0 aromatic heterocycles. The van der Waals surface area contributed by atoms with E-state index in [2.05, 4.69) is 13.2 Å². The molecule has 0 aliphatic heterocycles. The average molecular weight is 187 g/mol. The van der Waals surface area contributed by atoms with Gasteiger partial charge in [0.2, 0.25) is 0 Å². The molecule has 2 rings (SSSR count). The number of phenols is 1. The molecule has 14 heavy (non-hydrogen) atoms. The third-order valence-corrected chi connectivity index (χ3v) is 2.85. The summed E-state index contributed by atoms with van der Waals surface area (Å²) < 4.78 is 0. The molecule has 0 bridgehead atoms. The molecule has 0 radical (unpaired) electrons. The van der Waals surface area contributed by atoms with Gasteiger partial charge in [-0.2, -0.15) is 0 Å². The Morgan fingerprint density at radius 1 is 1.14 bits per heavy atom. The molecular weight excluding hydrogens is 174 g/mol. The quantitative estimate of drug-likeness (QED) is 0.424. The third-order valence-electron chi connectivity index (χ3n) is 2.85. The van der Waals surface area contributed by atoms with Gasteiger partial charge in [0.05, 0.1) is 5.69 Å². The molecule has 3 N–H and O–H groups in total. The summed E-state index contributed by atoms with van der Waals surface area (Å²) in [6, 6.07) is 3.54. The van der Waals surface area contributed by atoms with E-state index in [4.69, 9.17) is 5.73 Å². The molecule has 0 amide bonds. The van der Waals surface area contributed by atoms with E-state index in [9.17, 15) is 5.11 Å². The molecular formula is C12H13NO. The zero-order chi connectivity index (χ0) is 10.3. The molecule has 2 atom stereocenters. The smallest absolute Gasteiger partial charge is 0.138 e. The molecule has 1 aromatic carbocycles. The number of hydrogen-bond donors (Lipinski definition) is 2. The van der Waals surface area contributed by atoms with E-state index < -0.39 is 0 Å². The number of rotatable bonds is 2. The van der Waals surface area contributed by atoms with Crippen LogP contribution in [0.5, 0.6) is 5.75 Å². The summed E-state index contributed by atoms with van der Waals surface area (Å²) in [4.78, 5) is 0. The molecule has 1 aliphatic carbocycles. The van der Waals surface area contributed by atoms with E-state index in [0.717, 1.165) is 11.1 Å². The summed E-state index contributed by atoms with van der Waals surface area (Å²) >= 11 is 0. The summed E-state index contributed by atoms with van der Waals surface area (Å²) in [5.74, 6) is 0.720. The van der Waals surface area contributed by atoms with Crippen LogP contribution in [0.25, 0.3) is 0 Å². The van der Waals surface area contributed by atoms with E-state index in [0.29, 0.717) is 11.6 Å². The fourth-order valence-electron chi connectivity index (χ4n) is 2.05. The topological polar surface area (TPSA) is 46.2 Å². The summed E-state index contributed by atoms with van der Waals surface area (Å²) in [5.41, 5.74) is 8.31. The number of hydrogen-bond acceptors (Lipinski definition) is 2. The van der Waals surface area contributed by atoms with E-state index >= 15 is 0 Å². The number of phenolic OH excluding ortho intramolecular Hbond substituents is 1. The van der Waals surface area contributed by atoms with Gasteiger partial charge < -0.3 is 10.8 Å². The number of benzene rings is 1. The Kier molecular flexibility index (Phi) is 1.84. The number of anilines is 1. The van der Waals surface area contributed by atoms with Gasteiger partial charge in [-0.15, -0.1) is 13.2 Å². The van der Waals surface area contributed by atoms with Crippen LogP contribution in [0, 0.1) is 0 Å². The Hall–Kier alpha value is -1.70. The molecule has 0 saturated carbocycles. The van der Waals surface area contributed by atoms with E-state index in [-0.39, 0.29) is 11.7 Å². The average Bonchev–Trinajstić information content (AvgIpc) is 2.16. The highest BCUT2D eigenvalue weighted by Crippen LogP contribution is 2.50. The lowest BCUT2D eigenvalue weighted by molar-refractivity contribution is 0.473. The van der Waals surface area contributed by atoms with Gasteiger partial charge in [0.25, 0.3) is 0 Å². The van der Waals surface area contributed by atoms with Crippen LogP contribution in [-0.4, -0.2) is 5.11 Å². The van der Waals surface area contributed by atoms with Crippen molar-refractivity contribution >= 4 is 5.69 Å². The van der Waals surface area contributed by atoms with Crippen LogP contribution in [0.2, 0.25) is 0 Å². The number of aromatic hydroxyl groups is 1. The van der Waals surface area contributed by atoms with Gasteiger partial charge >= 0.3 is 0 Å². The Balaban J connectivity index is 2.53. The molecule has 1 aliphatic rings. The first-order valence-corrected chi connectivity index (χ1v) is 4.56. The predicted octanol–water partition coefficient (Wildman–Crippen LogP) is 2.53. The van der Waals surface area contributed by atoms with Crippen molar-refractivity contribution in [1.82, 2.24) is 0 Å². The normalized spacial score (nSPS) is 23.4. The fourth-order valence-corrected chi connectivity index (χ4v) is 2.05. The molecule has 1 unspecified atom stereocenters. The Morgan fingerprint density at radius 3 is 2.14 bits per heavy atom. The fraction of sp³-hybridized carbons (Fsp3) is 0.167. The minimum absolute atomic E-state index is 0.151. The number of allylic oxidation sites excluding steroid dienone is 2. The van der Waals surface area contributed by atoms with Crippen molar-refractivity contribution in [3.05, 3.63) is 48.6 Å². The summed E-state index contributed by atoms with van der Waals surface area (Å²) in [6.07, 6.45) is 3.77. The maximum absolute atomic E-state index is 9.45. The third kappa shape index (κ3) is 0.970. The minimum atomic E-state index is 0.151. The van der Waals surface area contributed by atoms with E-state index in [1.54, 1.807) is 6.07 Å². The van der Waals surface area contributed by atoms with Gasteiger partial charge in [-0.1, -0.05) is 12.2 Å². The molecule has 0 saturated heterocycles. The first-order chi connectivity index (χ1) is 6.69. The van der Waals surface area contributed by atoms with Crippen LogP contribution in [-0.2, 0) is 0 Å². The molecule has 2 heteroatoms. The lowest BCUT2D eigenvalue weighted by atomic mass is 9.68. The second-order valence-electron chi connectivity index (χ2n) is 3.56. The van der Waals surface area contributed by atoms with Crippen molar-refractivity contribution in [2.45, 2.75) is 11.8 Å². The maximum atomic E-state index is 9.45. The van der Waals surface area contributed by atoms with Crippen LogP contribution in [0.1, 0.15) is 23.0 Å². The molecule has 0 spiro atoms. The first kappa shape index (κ1) is 8.88. The van der Waals surface area contributed by atoms with Gasteiger partial charge in [-0.25, -0.2) is 0 Å². The van der Waals surface area contributed by atoms with Crippen LogP contribution in [0.4, 0.5) is 5.69 Å². The minimum Gasteiger partial charge on any atom is -0.506 e. The van der Waals surface area contributed by atoms with E-state index in [1.165, 1.54) is 0 Å². The Morgan fingerprint density at radius 2 is 1.64 bits per heavy atom. The summed E-state index contributed by atoms with van der Waals surface area (Å²) in [6.45, 7) is 7.55. The molecule has 1 aromatic rings. The van der Waals surface area contributed by atoms with Crippen LogP contribution in [0.15, 0.2) is 37.4 Å². The van der Waals surface area contributed by atoms with Gasteiger partial charge in [0.15, 0.2) is 0 Å². The molecule has 0 fully saturated rings. The van der Waals surface area contributed by atoms with Crippen LogP contribution in [0.3, 0.4) is 0 Å². The predicted molar refractivity (Wildman–Crippen MR) is 58.4 cm³/mol.